The number of hydrogen-bond acceptors (Lipinski definition) is 6. The molecule has 30 heavy (non-hydrogen) atoms. The van der Waals surface area contributed by atoms with E-state index in [9.17, 15) is 4.79 Å². The maximum absolute atomic E-state index is 11.9. The van der Waals surface area contributed by atoms with Crippen molar-refractivity contribution < 1.29 is 4.79 Å². The molecule has 0 atom stereocenters. The molecule has 6 nitrogen and oxygen atoms in total. The summed E-state index contributed by atoms with van der Waals surface area (Å²) < 4.78 is 0. The van der Waals surface area contributed by atoms with Gasteiger partial charge in [0.25, 0.3) is 0 Å². The van der Waals surface area contributed by atoms with Gasteiger partial charge in [0.2, 0.25) is 5.91 Å². The first-order valence-corrected chi connectivity index (χ1v) is 11.3. The molecule has 1 aliphatic carbocycles. The number of benzene rings is 1. The van der Waals surface area contributed by atoms with Gasteiger partial charge in [0.05, 0.1) is 5.69 Å². The molecule has 1 aromatic carbocycles. The van der Waals surface area contributed by atoms with E-state index in [1.54, 1.807) is 0 Å². The summed E-state index contributed by atoms with van der Waals surface area (Å²) in [5, 5.41) is 5.59. The van der Waals surface area contributed by atoms with E-state index >= 15 is 0 Å². The number of hydrogen-bond donors (Lipinski definition) is 1. The molecule has 3 heterocycles. The van der Waals surface area contributed by atoms with Crippen LogP contribution >= 0.6 is 11.3 Å². The number of amides is 1. The second-order valence-electron chi connectivity index (χ2n) is 8.07. The monoisotopic (exact) mass is 419 g/mol. The summed E-state index contributed by atoms with van der Waals surface area (Å²) in [6, 6.07) is 12.6. The molecule has 1 amide bonds. The van der Waals surface area contributed by atoms with Crippen LogP contribution in [-0.2, 0) is 4.79 Å². The smallest absolute Gasteiger partial charge is 0.229 e. The number of piperazine rings is 1. The SMILES string of the molecule is CN1CCN(c2ccc(-c3ccc(-c4csc(NC(=O)C5CC5)n4)cc3)cn2)CC1. The summed E-state index contributed by atoms with van der Waals surface area (Å²) in [7, 11) is 2.16. The van der Waals surface area contributed by atoms with Gasteiger partial charge in [-0.3, -0.25) is 4.79 Å². The second kappa shape index (κ2) is 8.16. The number of carbonyl (C=O) groups is 1. The molecule has 7 heteroatoms. The van der Waals surface area contributed by atoms with E-state index in [4.69, 9.17) is 4.98 Å². The Hall–Kier alpha value is -2.77. The summed E-state index contributed by atoms with van der Waals surface area (Å²) in [6.45, 7) is 4.20. The Morgan fingerprint density at radius 1 is 1.00 bits per heavy atom. The van der Waals surface area contributed by atoms with Crippen molar-refractivity contribution >= 4 is 28.2 Å². The predicted octanol–water partition coefficient (Wildman–Crippen LogP) is 3.97. The summed E-state index contributed by atoms with van der Waals surface area (Å²) >= 11 is 1.47. The number of thiazole rings is 1. The minimum atomic E-state index is 0.0961. The zero-order valence-electron chi connectivity index (χ0n) is 17.0. The highest BCUT2D eigenvalue weighted by molar-refractivity contribution is 7.14. The van der Waals surface area contributed by atoms with Crippen molar-refractivity contribution in [2.75, 3.05) is 43.4 Å². The van der Waals surface area contributed by atoms with Gasteiger partial charge in [0.1, 0.15) is 5.82 Å². The van der Waals surface area contributed by atoms with Crippen LogP contribution in [0.1, 0.15) is 12.8 Å². The van der Waals surface area contributed by atoms with Crippen LogP contribution in [0.5, 0.6) is 0 Å². The highest BCUT2D eigenvalue weighted by Crippen LogP contribution is 2.32. The minimum Gasteiger partial charge on any atom is -0.354 e. The number of carbonyl (C=O) groups excluding carboxylic acids is 1. The van der Waals surface area contributed by atoms with Crippen molar-refractivity contribution in [2.24, 2.45) is 5.92 Å². The van der Waals surface area contributed by atoms with Crippen molar-refractivity contribution in [1.82, 2.24) is 14.9 Å². The third-order valence-electron chi connectivity index (χ3n) is 5.77. The summed E-state index contributed by atoms with van der Waals surface area (Å²) in [4.78, 5) is 25.9. The summed E-state index contributed by atoms with van der Waals surface area (Å²) in [5.41, 5.74) is 4.17. The van der Waals surface area contributed by atoms with Gasteiger partial charge in [0, 0.05) is 54.8 Å². The zero-order chi connectivity index (χ0) is 20.5. The first-order chi connectivity index (χ1) is 14.7. The topological polar surface area (TPSA) is 61.4 Å². The van der Waals surface area contributed by atoms with E-state index in [0.29, 0.717) is 5.13 Å². The zero-order valence-corrected chi connectivity index (χ0v) is 17.9. The molecular weight excluding hydrogens is 394 g/mol. The van der Waals surface area contributed by atoms with E-state index in [2.05, 4.69) is 63.5 Å². The highest BCUT2D eigenvalue weighted by atomic mass is 32.1. The van der Waals surface area contributed by atoms with Gasteiger partial charge >= 0.3 is 0 Å². The fourth-order valence-electron chi connectivity index (χ4n) is 3.63. The van der Waals surface area contributed by atoms with Gasteiger partial charge in [0.15, 0.2) is 5.13 Å². The molecule has 2 aliphatic rings. The molecule has 154 valence electrons. The van der Waals surface area contributed by atoms with Gasteiger partial charge in [-0.25, -0.2) is 9.97 Å². The Morgan fingerprint density at radius 2 is 1.70 bits per heavy atom. The number of pyridine rings is 1. The fourth-order valence-corrected chi connectivity index (χ4v) is 4.35. The van der Waals surface area contributed by atoms with Crippen molar-refractivity contribution in [2.45, 2.75) is 12.8 Å². The fraction of sp³-hybridized carbons (Fsp3) is 0.348. The number of nitrogens with zero attached hydrogens (tertiary/aromatic N) is 4. The van der Waals surface area contributed by atoms with E-state index in [0.717, 1.165) is 67.2 Å². The summed E-state index contributed by atoms with van der Waals surface area (Å²) in [5.74, 6) is 1.33. The molecule has 1 saturated heterocycles. The van der Waals surface area contributed by atoms with Crippen LogP contribution in [0.15, 0.2) is 48.0 Å². The van der Waals surface area contributed by atoms with Gasteiger partial charge in [-0.2, -0.15) is 0 Å². The van der Waals surface area contributed by atoms with Crippen LogP contribution in [0.25, 0.3) is 22.4 Å². The lowest BCUT2D eigenvalue weighted by molar-refractivity contribution is -0.117. The van der Waals surface area contributed by atoms with Gasteiger partial charge < -0.3 is 15.1 Å². The Morgan fingerprint density at radius 3 is 2.37 bits per heavy atom. The maximum Gasteiger partial charge on any atom is 0.229 e. The average Bonchev–Trinajstić information content (AvgIpc) is 3.54. The molecule has 0 radical (unpaired) electrons. The Balaban J connectivity index is 1.26. The van der Waals surface area contributed by atoms with Gasteiger partial charge in [-0.1, -0.05) is 24.3 Å². The van der Waals surface area contributed by atoms with E-state index < -0.39 is 0 Å². The average molecular weight is 420 g/mol. The quantitative estimate of drug-likeness (QED) is 0.678. The third kappa shape index (κ3) is 4.22. The molecule has 3 aromatic rings. The molecule has 1 saturated carbocycles. The van der Waals surface area contributed by atoms with Crippen molar-refractivity contribution in [3.8, 4) is 22.4 Å². The lowest BCUT2D eigenvalue weighted by atomic mass is 10.0. The van der Waals surface area contributed by atoms with Crippen molar-refractivity contribution in [3.63, 3.8) is 0 Å². The first-order valence-electron chi connectivity index (χ1n) is 10.4. The van der Waals surface area contributed by atoms with E-state index in [1.807, 2.05) is 11.6 Å². The Kier molecular flexibility index (Phi) is 5.23. The molecule has 0 unspecified atom stereocenters. The van der Waals surface area contributed by atoms with E-state index in [-0.39, 0.29) is 11.8 Å². The Labute approximate surface area is 180 Å². The normalized spacial score (nSPS) is 17.2. The number of likely N-dealkylation sites (N-methyl/N-ethyl adjacent to an activating group) is 1. The second-order valence-corrected chi connectivity index (χ2v) is 8.93. The third-order valence-corrected chi connectivity index (χ3v) is 6.53. The summed E-state index contributed by atoms with van der Waals surface area (Å²) in [6.07, 6.45) is 3.95. The largest absolute Gasteiger partial charge is 0.354 e. The number of rotatable bonds is 5. The maximum atomic E-state index is 11.9. The number of nitrogens with one attached hydrogen (secondary N) is 1. The molecule has 1 aliphatic heterocycles. The number of anilines is 2. The van der Waals surface area contributed by atoms with Gasteiger partial charge in [-0.15, -0.1) is 11.3 Å². The van der Waals surface area contributed by atoms with Crippen molar-refractivity contribution in [3.05, 3.63) is 48.0 Å². The molecule has 1 N–H and O–H groups in total. The molecule has 5 rings (SSSR count). The van der Waals surface area contributed by atoms with Crippen LogP contribution < -0.4 is 10.2 Å². The lowest BCUT2D eigenvalue weighted by Gasteiger charge is -2.33. The van der Waals surface area contributed by atoms with Crippen LogP contribution in [0.3, 0.4) is 0 Å². The Bertz CT molecular complexity index is 1020. The van der Waals surface area contributed by atoms with Crippen LogP contribution in [0.2, 0.25) is 0 Å². The molecule has 0 spiro atoms. The van der Waals surface area contributed by atoms with Crippen LogP contribution in [0, 0.1) is 5.92 Å². The molecule has 2 fully saturated rings. The molecular formula is C23H25N5OS. The molecule has 0 bridgehead atoms. The highest BCUT2D eigenvalue weighted by Gasteiger charge is 2.30. The molecule has 2 aromatic heterocycles. The van der Waals surface area contributed by atoms with Crippen LogP contribution in [-0.4, -0.2) is 54.0 Å². The standard InChI is InChI=1S/C23H25N5OS/c1-27-10-12-28(13-11-27)21-9-8-19(14-24-21)16-2-4-17(5-3-16)20-15-30-23(25-20)26-22(29)18-6-7-18/h2-5,8-9,14-15,18H,6-7,10-13H2,1H3,(H,25,26,29). The predicted molar refractivity (Wildman–Crippen MR) is 122 cm³/mol. The minimum absolute atomic E-state index is 0.0961. The van der Waals surface area contributed by atoms with E-state index in [1.165, 1.54) is 11.3 Å². The van der Waals surface area contributed by atoms with Crippen molar-refractivity contribution in [1.29, 1.82) is 0 Å². The number of aromatic nitrogens is 2. The van der Waals surface area contributed by atoms with Crippen LogP contribution in [0.4, 0.5) is 10.9 Å². The van der Waals surface area contributed by atoms with Gasteiger partial charge in [-0.05, 0) is 37.6 Å². The lowest BCUT2D eigenvalue weighted by Crippen LogP contribution is -2.44. The first kappa shape index (κ1) is 19.2.